The highest BCUT2D eigenvalue weighted by Crippen LogP contribution is 2.48. The number of aromatic nitrogens is 2. The third-order valence-electron chi connectivity index (χ3n) is 5.56. The Balaban J connectivity index is 1.78. The van der Waals surface area contributed by atoms with Crippen LogP contribution in [-0.2, 0) is 28.6 Å². The summed E-state index contributed by atoms with van der Waals surface area (Å²) in [7, 11) is 0. The minimum atomic E-state index is -4.76. The molecule has 0 spiro atoms. The van der Waals surface area contributed by atoms with Gasteiger partial charge in [0.2, 0.25) is 5.76 Å². The average molecular weight is 412 g/mol. The van der Waals surface area contributed by atoms with Gasteiger partial charge < -0.3 is 13.9 Å². The molecule has 0 saturated carbocycles. The lowest BCUT2D eigenvalue weighted by Crippen LogP contribution is -2.20. The van der Waals surface area contributed by atoms with Crippen LogP contribution in [0, 0.1) is 5.92 Å². The van der Waals surface area contributed by atoms with Crippen molar-refractivity contribution in [3.8, 4) is 11.3 Å². The van der Waals surface area contributed by atoms with Gasteiger partial charge in [-0.1, -0.05) is 6.92 Å². The second-order valence-electron chi connectivity index (χ2n) is 7.64. The van der Waals surface area contributed by atoms with Crippen LogP contribution < -0.4 is 0 Å². The normalized spacial score (nSPS) is 19.7. The minimum absolute atomic E-state index is 0.0388. The zero-order valence-electron chi connectivity index (χ0n) is 16.3. The van der Waals surface area contributed by atoms with Crippen molar-refractivity contribution in [2.75, 3.05) is 19.8 Å². The Labute approximate surface area is 166 Å². The standard InChI is InChI=1S/C20H23F3N2O4/c1-3-28-19(26)18-16(20(21,22)23)15-14(29-18)8-11(2)13-10-25(24-17(13)15)9-12-4-6-27-7-5-12/h10-12H,3-9H2,1-2H3/t11-/m1/s1. The number of fused-ring (bicyclic) bond motifs is 3. The van der Waals surface area contributed by atoms with Crippen LogP contribution in [-0.4, -0.2) is 35.6 Å². The van der Waals surface area contributed by atoms with E-state index in [-0.39, 0.29) is 36.0 Å². The summed E-state index contributed by atoms with van der Waals surface area (Å²) in [6.45, 7) is 5.42. The van der Waals surface area contributed by atoms with Crippen LogP contribution in [0.3, 0.4) is 0 Å². The van der Waals surface area contributed by atoms with Gasteiger partial charge in [-0.15, -0.1) is 0 Å². The maximum absolute atomic E-state index is 13.9. The van der Waals surface area contributed by atoms with Crippen LogP contribution in [0.15, 0.2) is 10.6 Å². The molecule has 29 heavy (non-hydrogen) atoms. The van der Waals surface area contributed by atoms with E-state index in [2.05, 4.69) is 5.10 Å². The first-order valence-electron chi connectivity index (χ1n) is 9.85. The number of carbonyl (C=O) groups excluding carboxylic acids is 1. The van der Waals surface area contributed by atoms with E-state index in [1.54, 1.807) is 4.68 Å². The monoisotopic (exact) mass is 412 g/mol. The Morgan fingerprint density at radius 3 is 2.72 bits per heavy atom. The zero-order valence-corrected chi connectivity index (χ0v) is 16.3. The molecule has 0 N–H and O–H groups in total. The minimum Gasteiger partial charge on any atom is -0.460 e. The highest BCUT2D eigenvalue weighted by molar-refractivity contribution is 5.92. The summed E-state index contributed by atoms with van der Waals surface area (Å²) in [6, 6.07) is 0. The number of hydrogen-bond donors (Lipinski definition) is 0. The molecule has 0 aromatic carbocycles. The summed E-state index contributed by atoms with van der Waals surface area (Å²) in [4.78, 5) is 12.1. The summed E-state index contributed by atoms with van der Waals surface area (Å²) in [5.41, 5.74) is -0.224. The number of furan rings is 1. The van der Waals surface area contributed by atoms with E-state index >= 15 is 0 Å². The first-order valence-corrected chi connectivity index (χ1v) is 9.85. The smallest absolute Gasteiger partial charge is 0.421 e. The molecule has 4 rings (SSSR count). The maximum Gasteiger partial charge on any atom is 0.421 e. The van der Waals surface area contributed by atoms with Crippen molar-refractivity contribution in [2.45, 2.75) is 51.7 Å². The molecule has 6 nitrogen and oxygen atoms in total. The number of nitrogens with zero attached hydrogens (tertiary/aromatic N) is 2. The molecular weight excluding hydrogens is 389 g/mol. The average Bonchev–Trinajstić information content (AvgIpc) is 3.24. The van der Waals surface area contributed by atoms with E-state index in [9.17, 15) is 18.0 Å². The third kappa shape index (κ3) is 3.68. The number of halogens is 3. The van der Waals surface area contributed by atoms with Crippen LogP contribution in [0.1, 0.15) is 60.0 Å². The number of alkyl halides is 3. The molecular formula is C20H23F3N2O4. The first kappa shape index (κ1) is 20.0. The summed E-state index contributed by atoms with van der Waals surface area (Å²) in [5.74, 6) is -1.45. The maximum atomic E-state index is 13.9. The third-order valence-corrected chi connectivity index (χ3v) is 5.56. The van der Waals surface area contributed by atoms with Gasteiger partial charge in [0, 0.05) is 37.9 Å². The Morgan fingerprint density at radius 1 is 1.34 bits per heavy atom. The van der Waals surface area contributed by atoms with Gasteiger partial charge in [-0.3, -0.25) is 4.68 Å². The van der Waals surface area contributed by atoms with Crippen molar-refractivity contribution in [3.05, 3.63) is 28.8 Å². The molecule has 0 bridgehead atoms. The lowest BCUT2D eigenvalue weighted by atomic mass is 9.86. The number of hydrogen-bond acceptors (Lipinski definition) is 5. The van der Waals surface area contributed by atoms with Crippen molar-refractivity contribution >= 4 is 5.97 Å². The van der Waals surface area contributed by atoms with Crippen LogP contribution in [0.5, 0.6) is 0 Å². The second-order valence-corrected chi connectivity index (χ2v) is 7.64. The second kappa shape index (κ2) is 7.51. The molecule has 0 amide bonds. The summed E-state index contributed by atoms with van der Waals surface area (Å²) >= 11 is 0. The summed E-state index contributed by atoms with van der Waals surface area (Å²) in [6.07, 6.45) is -0.861. The number of ether oxygens (including phenoxy) is 2. The fraction of sp³-hybridized carbons (Fsp3) is 0.600. The molecule has 158 valence electrons. The predicted molar refractivity (Wildman–Crippen MR) is 96.5 cm³/mol. The van der Waals surface area contributed by atoms with Gasteiger partial charge in [-0.25, -0.2) is 4.79 Å². The SMILES string of the molecule is CCOC(=O)c1oc2c(c1C(F)(F)F)-c1nn(CC3CCOCC3)cc1[C@H](C)C2. The quantitative estimate of drug-likeness (QED) is 0.696. The Hall–Kier alpha value is -2.29. The van der Waals surface area contributed by atoms with Crippen LogP contribution >= 0.6 is 0 Å². The molecule has 0 unspecified atom stereocenters. The highest BCUT2D eigenvalue weighted by Gasteiger charge is 2.46. The van der Waals surface area contributed by atoms with Gasteiger partial charge in [-0.05, 0) is 31.6 Å². The summed E-state index contributed by atoms with van der Waals surface area (Å²) < 4.78 is 59.1. The fourth-order valence-corrected chi connectivity index (χ4v) is 4.15. The van der Waals surface area contributed by atoms with Crippen molar-refractivity contribution in [3.63, 3.8) is 0 Å². The first-order chi connectivity index (χ1) is 13.8. The van der Waals surface area contributed by atoms with E-state index in [0.29, 0.717) is 25.7 Å². The van der Waals surface area contributed by atoms with E-state index < -0.39 is 23.5 Å². The number of carbonyl (C=O) groups is 1. The van der Waals surface area contributed by atoms with E-state index in [1.807, 2.05) is 13.1 Å². The van der Waals surface area contributed by atoms with Gasteiger partial charge >= 0.3 is 12.1 Å². The van der Waals surface area contributed by atoms with Crippen molar-refractivity contribution in [2.24, 2.45) is 5.92 Å². The molecule has 2 aromatic rings. The lowest BCUT2D eigenvalue weighted by Gasteiger charge is -2.21. The number of rotatable bonds is 4. The largest absolute Gasteiger partial charge is 0.460 e. The van der Waals surface area contributed by atoms with Crippen LogP contribution in [0.2, 0.25) is 0 Å². The van der Waals surface area contributed by atoms with E-state index in [0.717, 1.165) is 18.4 Å². The van der Waals surface area contributed by atoms with Gasteiger partial charge in [0.05, 0.1) is 17.9 Å². The van der Waals surface area contributed by atoms with Crippen molar-refractivity contribution in [1.29, 1.82) is 0 Å². The van der Waals surface area contributed by atoms with Gasteiger partial charge in [0.15, 0.2) is 0 Å². The Morgan fingerprint density at radius 2 is 2.07 bits per heavy atom. The lowest BCUT2D eigenvalue weighted by molar-refractivity contribution is -0.138. The predicted octanol–water partition coefficient (Wildman–Crippen LogP) is 4.42. The molecule has 9 heteroatoms. The molecule has 1 saturated heterocycles. The molecule has 2 aliphatic rings. The highest BCUT2D eigenvalue weighted by atomic mass is 19.4. The van der Waals surface area contributed by atoms with Gasteiger partial charge in [0.1, 0.15) is 11.3 Å². The van der Waals surface area contributed by atoms with Gasteiger partial charge in [-0.2, -0.15) is 18.3 Å². The van der Waals surface area contributed by atoms with Crippen LogP contribution in [0.4, 0.5) is 13.2 Å². The Bertz CT molecular complexity index is 910. The molecule has 1 aliphatic carbocycles. The van der Waals surface area contributed by atoms with Gasteiger partial charge in [0.25, 0.3) is 0 Å². The van der Waals surface area contributed by atoms with E-state index in [1.165, 1.54) is 6.92 Å². The Kier molecular flexibility index (Phi) is 5.18. The molecule has 1 fully saturated rings. The van der Waals surface area contributed by atoms with E-state index in [4.69, 9.17) is 13.9 Å². The fourth-order valence-electron chi connectivity index (χ4n) is 4.15. The molecule has 2 aromatic heterocycles. The zero-order chi connectivity index (χ0) is 20.8. The van der Waals surface area contributed by atoms with Crippen molar-refractivity contribution in [1.82, 2.24) is 9.78 Å². The topological polar surface area (TPSA) is 66.5 Å². The molecule has 1 atom stereocenters. The van der Waals surface area contributed by atoms with Crippen molar-refractivity contribution < 1.29 is 31.9 Å². The van der Waals surface area contributed by atoms with Crippen LogP contribution in [0.25, 0.3) is 11.3 Å². The summed E-state index contributed by atoms with van der Waals surface area (Å²) in [5, 5.41) is 4.49. The molecule has 0 radical (unpaired) electrons. The molecule has 3 heterocycles. The molecule has 1 aliphatic heterocycles. The number of esters is 1.